The van der Waals surface area contributed by atoms with Gasteiger partial charge in [-0.15, -0.1) is 0 Å². The van der Waals surface area contributed by atoms with E-state index < -0.39 is 0 Å². The Morgan fingerprint density at radius 2 is 2.00 bits per heavy atom. The summed E-state index contributed by atoms with van der Waals surface area (Å²) in [6, 6.07) is 10.7. The molecule has 3 atom stereocenters. The van der Waals surface area contributed by atoms with Crippen molar-refractivity contribution < 1.29 is 0 Å². The number of allylic oxidation sites excluding steroid dienone is 2. The lowest BCUT2D eigenvalue weighted by Crippen LogP contribution is -2.29. The van der Waals surface area contributed by atoms with E-state index in [0.29, 0.717) is 17.9 Å². The van der Waals surface area contributed by atoms with Gasteiger partial charge in [0.05, 0.1) is 6.04 Å². The molecule has 0 radical (unpaired) electrons. The van der Waals surface area contributed by atoms with Crippen LogP contribution in [0.5, 0.6) is 0 Å². The van der Waals surface area contributed by atoms with Crippen molar-refractivity contribution in [1.82, 2.24) is 4.98 Å². The first-order valence-corrected chi connectivity index (χ1v) is 7.33. The van der Waals surface area contributed by atoms with E-state index in [9.17, 15) is 0 Å². The molecule has 0 fully saturated rings. The Morgan fingerprint density at radius 3 is 2.85 bits per heavy atom. The molecule has 0 spiro atoms. The maximum atomic E-state index is 6.16. The highest BCUT2D eigenvalue weighted by molar-refractivity contribution is 6.30. The fourth-order valence-electron chi connectivity index (χ4n) is 3.47. The molecule has 2 nitrogen and oxygen atoms in total. The molecule has 2 aromatic rings. The third-order valence-corrected chi connectivity index (χ3v) is 4.63. The molecule has 1 aromatic heterocycles. The fourth-order valence-corrected chi connectivity index (χ4v) is 3.65. The average molecular weight is 283 g/mol. The number of nitrogens with zero attached hydrogens (tertiary/aromatic N) is 1. The molecule has 1 aliphatic carbocycles. The molecular formula is C17H15ClN2. The fraction of sp³-hybridized carbons (Fsp3) is 0.235. The summed E-state index contributed by atoms with van der Waals surface area (Å²) in [5.41, 5.74) is 3.82. The van der Waals surface area contributed by atoms with Gasteiger partial charge in [0.25, 0.3) is 0 Å². The predicted octanol–water partition coefficient (Wildman–Crippen LogP) is 4.56. The second-order valence-corrected chi connectivity index (χ2v) is 5.92. The minimum atomic E-state index is 0.340. The molecule has 2 aliphatic rings. The zero-order valence-electron chi connectivity index (χ0n) is 11.0. The molecule has 20 heavy (non-hydrogen) atoms. The second kappa shape index (κ2) is 4.64. The summed E-state index contributed by atoms with van der Waals surface area (Å²) in [5.74, 6) is 1.02. The van der Waals surface area contributed by atoms with Crippen LogP contribution in [0.2, 0.25) is 5.02 Å². The first kappa shape index (κ1) is 12.0. The van der Waals surface area contributed by atoms with E-state index in [1.165, 1.54) is 16.8 Å². The molecule has 0 amide bonds. The highest BCUT2D eigenvalue weighted by Crippen LogP contribution is 2.50. The number of fused-ring (bicyclic) bond motifs is 3. The zero-order valence-corrected chi connectivity index (χ0v) is 11.7. The van der Waals surface area contributed by atoms with E-state index in [1.807, 2.05) is 18.5 Å². The molecule has 1 N–H and O–H groups in total. The number of nitrogens with one attached hydrogen (secondary N) is 1. The molecule has 1 aliphatic heterocycles. The number of rotatable bonds is 1. The van der Waals surface area contributed by atoms with Gasteiger partial charge in [0.2, 0.25) is 0 Å². The first-order valence-electron chi connectivity index (χ1n) is 6.95. The lowest BCUT2D eigenvalue weighted by Gasteiger charge is -2.37. The third-order valence-electron chi connectivity index (χ3n) is 4.39. The van der Waals surface area contributed by atoms with Crippen LogP contribution in [0.15, 0.2) is 54.9 Å². The minimum absolute atomic E-state index is 0.340. The summed E-state index contributed by atoms with van der Waals surface area (Å²) in [4.78, 5) is 4.12. The summed E-state index contributed by atoms with van der Waals surface area (Å²) in [6.45, 7) is 0. The van der Waals surface area contributed by atoms with Crippen LogP contribution in [0, 0.1) is 5.92 Å². The summed E-state index contributed by atoms with van der Waals surface area (Å²) >= 11 is 6.16. The van der Waals surface area contributed by atoms with E-state index in [2.05, 4.69) is 46.7 Å². The number of benzene rings is 1. The van der Waals surface area contributed by atoms with Crippen LogP contribution in [0.1, 0.15) is 29.5 Å². The molecule has 0 saturated heterocycles. The molecule has 100 valence electrons. The van der Waals surface area contributed by atoms with Gasteiger partial charge in [0, 0.05) is 29.0 Å². The summed E-state index contributed by atoms with van der Waals surface area (Å²) in [6.07, 6.45) is 9.46. The van der Waals surface area contributed by atoms with Gasteiger partial charge in [-0.1, -0.05) is 23.8 Å². The largest absolute Gasteiger partial charge is 0.378 e. The number of hydrogen-bond donors (Lipinski definition) is 1. The first-order chi connectivity index (χ1) is 9.83. The van der Waals surface area contributed by atoms with E-state index in [-0.39, 0.29) is 0 Å². The number of anilines is 1. The normalized spacial score (nSPS) is 26.8. The Morgan fingerprint density at radius 1 is 1.15 bits per heavy atom. The third kappa shape index (κ3) is 1.83. The Hall–Kier alpha value is -1.80. The van der Waals surface area contributed by atoms with Crippen molar-refractivity contribution in [3.05, 3.63) is 71.0 Å². The van der Waals surface area contributed by atoms with Crippen LogP contribution in [0.4, 0.5) is 5.69 Å². The minimum Gasteiger partial charge on any atom is -0.378 e. The highest BCUT2D eigenvalue weighted by atomic mass is 35.5. The van der Waals surface area contributed by atoms with Gasteiger partial charge < -0.3 is 5.32 Å². The van der Waals surface area contributed by atoms with Crippen molar-refractivity contribution >= 4 is 17.3 Å². The van der Waals surface area contributed by atoms with Crippen molar-refractivity contribution in [2.75, 3.05) is 5.32 Å². The van der Waals surface area contributed by atoms with Crippen LogP contribution in [0.25, 0.3) is 0 Å². The SMILES string of the molecule is Clc1ccc2c(c1)C1C=CCC1C(c1ccncc1)N2. The Labute approximate surface area is 123 Å². The Balaban J connectivity index is 1.80. The van der Waals surface area contributed by atoms with E-state index in [0.717, 1.165) is 11.4 Å². The maximum absolute atomic E-state index is 6.16. The Kier molecular flexibility index (Phi) is 2.78. The topological polar surface area (TPSA) is 24.9 Å². The number of aromatic nitrogens is 1. The quantitative estimate of drug-likeness (QED) is 0.776. The predicted molar refractivity (Wildman–Crippen MR) is 82.0 cm³/mol. The van der Waals surface area contributed by atoms with Crippen molar-refractivity contribution in [3.63, 3.8) is 0 Å². The lowest BCUT2D eigenvalue weighted by molar-refractivity contribution is 0.425. The average Bonchev–Trinajstić information content (AvgIpc) is 2.97. The standard InChI is InChI=1S/C17H15ClN2/c18-12-4-5-16-15(10-12)13-2-1-3-14(13)17(20-16)11-6-8-19-9-7-11/h1-2,4-10,13-14,17,20H,3H2. The summed E-state index contributed by atoms with van der Waals surface area (Å²) in [7, 11) is 0. The molecule has 3 unspecified atom stereocenters. The highest BCUT2D eigenvalue weighted by Gasteiger charge is 2.37. The molecule has 0 saturated carbocycles. The van der Waals surface area contributed by atoms with Crippen molar-refractivity contribution in [3.8, 4) is 0 Å². The zero-order chi connectivity index (χ0) is 13.5. The van der Waals surface area contributed by atoms with Gasteiger partial charge in [-0.3, -0.25) is 4.98 Å². The molecule has 4 rings (SSSR count). The molecule has 2 heterocycles. The van der Waals surface area contributed by atoms with E-state index in [1.54, 1.807) is 0 Å². The summed E-state index contributed by atoms with van der Waals surface area (Å²) < 4.78 is 0. The van der Waals surface area contributed by atoms with Crippen LogP contribution >= 0.6 is 11.6 Å². The monoisotopic (exact) mass is 282 g/mol. The smallest absolute Gasteiger partial charge is 0.0555 e. The van der Waals surface area contributed by atoms with E-state index in [4.69, 9.17) is 11.6 Å². The van der Waals surface area contributed by atoms with E-state index >= 15 is 0 Å². The lowest BCUT2D eigenvalue weighted by atomic mass is 9.77. The Bertz CT molecular complexity index is 666. The molecule has 3 heteroatoms. The second-order valence-electron chi connectivity index (χ2n) is 5.49. The van der Waals surface area contributed by atoms with Gasteiger partial charge in [0.15, 0.2) is 0 Å². The summed E-state index contributed by atoms with van der Waals surface area (Å²) in [5, 5.41) is 4.50. The van der Waals surface area contributed by atoms with Gasteiger partial charge in [-0.2, -0.15) is 0 Å². The van der Waals surface area contributed by atoms with Crippen LogP contribution < -0.4 is 5.32 Å². The van der Waals surface area contributed by atoms with Gasteiger partial charge in [-0.05, 0) is 53.8 Å². The van der Waals surface area contributed by atoms with Gasteiger partial charge >= 0.3 is 0 Å². The van der Waals surface area contributed by atoms with Crippen LogP contribution in [0.3, 0.4) is 0 Å². The number of hydrogen-bond acceptors (Lipinski definition) is 2. The molecule has 0 bridgehead atoms. The van der Waals surface area contributed by atoms with Gasteiger partial charge in [0.1, 0.15) is 0 Å². The van der Waals surface area contributed by atoms with Crippen molar-refractivity contribution in [1.29, 1.82) is 0 Å². The molecule has 1 aromatic carbocycles. The maximum Gasteiger partial charge on any atom is 0.0555 e. The van der Waals surface area contributed by atoms with Crippen LogP contribution in [-0.4, -0.2) is 4.98 Å². The van der Waals surface area contributed by atoms with Crippen molar-refractivity contribution in [2.24, 2.45) is 5.92 Å². The number of pyridine rings is 1. The number of halogens is 1. The molecular weight excluding hydrogens is 268 g/mol. The van der Waals surface area contributed by atoms with Crippen LogP contribution in [-0.2, 0) is 0 Å². The van der Waals surface area contributed by atoms with Gasteiger partial charge in [-0.25, -0.2) is 0 Å². The van der Waals surface area contributed by atoms with Crippen molar-refractivity contribution in [2.45, 2.75) is 18.4 Å².